The van der Waals surface area contributed by atoms with Crippen LogP contribution < -0.4 is 16.7 Å². The van der Waals surface area contributed by atoms with Crippen molar-refractivity contribution < 1.29 is 18.1 Å². The molecule has 5 rings (SSSR count). The summed E-state index contributed by atoms with van der Waals surface area (Å²) in [6.45, 7) is 7.69. The summed E-state index contributed by atoms with van der Waals surface area (Å²) in [4.78, 5) is 34.2. The van der Waals surface area contributed by atoms with Crippen molar-refractivity contribution in [3.05, 3.63) is 64.0 Å². The SMILES string of the molecule is CC(C)n1c(=O)n(Cc2ccc(C(=O)Nc3cc(C(C)(C)C4CC(F)(F)C4)no3)cc2)c2c(N)ncnc21. The number of nitrogen functional groups attached to an aromatic ring is 1. The van der Waals surface area contributed by atoms with Gasteiger partial charge in [-0.1, -0.05) is 31.1 Å². The lowest BCUT2D eigenvalue weighted by molar-refractivity contribution is -0.128. The Morgan fingerprint density at radius 3 is 2.55 bits per heavy atom. The first-order valence-electron chi connectivity index (χ1n) is 12.3. The van der Waals surface area contributed by atoms with E-state index in [1.165, 1.54) is 10.9 Å². The summed E-state index contributed by atoms with van der Waals surface area (Å²) < 4.78 is 35.1. The number of nitrogens with zero attached hydrogens (tertiary/aromatic N) is 5. The van der Waals surface area contributed by atoms with Gasteiger partial charge in [0.25, 0.3) is 5.91 Å². The van der Waals surface area contributed by atoms with E-state index in [-0.39, 0.29) is 48.7 Å². The number of nitrogens with two attached hydrogens (primary N) is 1. The minimum Gasteiger partial charge on any atom is -0.382 e. The number of amides is 1. The minimum absolute atomic E-state index is 0.122. The molecule has 0 aliphatic heterocycles. The van der Waals surface area contributed by atoms with E-state index in [4.69, 9.17) is 10.3 Å². The number of hydrogen-bond donors (Lipinski definition) is 2. The van der Waals surface area contributed by atoms with Crippen LogP contribution in [0, 0.1) is 5.92 Å². The average Bonchev–Trinajstić information content (AvgIpc) is 3.41. The van der Waals surface area contributed by atoms with Crippen molar-refractivity contribution in [1.82, 2.24) is 24.3 Å². The molecule has 1 aromatic carbocycles. The molecule has 4 aromatic rings. The summed E-state index contributed by atoms with van der Waals surface area (Å²) in [6.07, 6.45) is 0.952. The first-order valence-corrected chi connectivity index (χ1v) is 12.3. The molecule has 3 aromatic heterocycles. The third-order valence-electron chi connectivity index (χ3n) is 7.36. The van der Waals surface area contributed by atoms with Crippen LogP contribution in [0.5, 0.6) is 0 Å². The Morgan fingerprint density at radius 2 is 1.92 bits per heavy atom. The predicted octanol–water partition coefficient (Wildman–Crippen LogP) is 4.37. The molecule has 10 nitrogen and oxygen atoms in total. The van der Waals surface area contributed by atoms with E-state index >= 15 is 0 Å². The van der Waals surface area contributed by atoms with Crippen LogP contribution in [-0.2, 0) is 12.0 Å². The maximum Gasteiger partial charge on any atom is 0.330 e. The molecule has 0 radical (unpaired) electrons. The average molecular weight is 526 g/mol. The summed E-state index contributed by atoms with van der Waals surface area (Å²) in [7, 11) is 0. The van der Waals surface area contributed by atoms with Crippen molar-refractivity contribution in [2.75, 3.05) is 11.1 Å². The second-order valence-corrected chi connectivity index (χ2v) is 10.7. The number of halogens is 2. The second kappa shape index (κ2) is 9.03. The van der Waals surface area contributed by atoms with Crippen molar-refractivity contribution in [2.45, 2.75) is 64.5 Å². The maximum atomic E-state index is 13.4. The zero-order valence-electron chi connectivity index (χ0n) is 21.5. The van der Waals surface area contributed by atoms with Gasteiger partial charge in [0.1, 0.15) is 11.8 Å². The third kappa shape index (κ3) is 4.44. The molecule has 1 amide bonds. The molecule has 38 heavy (non-hydrogen) atoms. The van der Waals surface area contributed by atoms with Crippen LogP contribution in [0.2, 0.25) is 0 Å². The number of aromatic nitrogens is 5. The number of nitrogens with one attached hydrogen (secondary N) is 1. The molecule has 200 valence electrons. The molecule has 3 heterocycles. The highest BCUT2D eigenvalue weighted by molar-refractivity contribution is 6.03. The molecule has 1 saturated carbocycles. The van der Waals surface area contributed by atoms with Crippen LogP contribution in [0.4, 0.5) is 20.5 Å². The number of carbonyl (C=O) groups excluding carboxylic acids is 1. The van der Waals surface area contributed by atoms with Gasteiger partial charge in [0.05, 0.1) is 12.2 Å². The lowest BCUT2D eigenvalue weighted by Crippen LogP contribution is -2.45. The number of benzene rings is 1. The Labute approximate surface area is 216 Å². The van der Waals surface area contributed by atoms with Crippen LogP contribution in [-0.4, -0.2) is 36.1 Å². The van der Waals surface area contributed by atoms with E-state index in [0.717, 1.165) is 5.56 Å². The van der Waals surface area contributed by atoms with Crippen molar-refractivity contribution in [3.63, 3.8) is 0 Å². The first kappa shape index (κ1) is 25.6. The van der Waals surface area contributed by atoms with Crippen LogP contribution in [0.3, 0.4) is 0 Å². The lowest BCUT2D eigenvalue weighted by Gasteiger charge is -2.44. The van der Waals surface area contributed by atoms with Crippen molar-refractivity contribution in [2.24, 2.45) is 5.92 Å². The monoisotopic (exact) mass is 525 g/mol. The van der Waals surface area contributed by atoms with Gasteiger partial charge >= 0.3 is 5.69 Å². The Kier molecular flexibility index (Phi) is 6.07. The zero-order chi connectivity index (χ0) is 27.4. The van der Waals surface area contributed by atoms with Crippen LogP contribution >= 0.6 is 0 Å². The summed E-state index contributed by atoms with van der Waals surface area (Å²) in [5.41, 5.74) is 7.79. The van der Waals surface area contributed by atoms with Gasteiger partial charge in [-0.3, -0.25) is 19.2 Å². The van der Waals surface area contributed by atoms with E-state index in [2.05, 4.69) is 20.4 Å². The number of imidazole rings is 1. The van der Waals surface area contributed by atoms with Gasteiger partial charge in [-0.2, -0.15) is 0 Å². The van der Waals surface area contributed by atoms with Crippen molar-refractivity contribution in [1.29, 1.82) is 0 Å². The quantitative estimate of drug-likeness (QED) is 0.366. The fraction of sp³-hybridized carbons (Fsp3) is 0.423. The highest BCUT2D eigenvalue weighted by Crippen LogP contribution is 2.51. The number of hydrogen-bond acceptors (Lipinski definition) is 7. The normalized spacial score (nSPS) is 15.7. The number of alkyl halides is 2. The van der Waals surface area contributed by atoms with Crippen LogP contribution in [0.15, 0.2) is 46.0 Å². The Bertz CT molecular complexity index is 1560. The predicted molar refractivity (Wildman–Crippen MR) is 137 cm³/mol. The topological polar surface area (TPSA) is 134 Å². The number of rotatable bonds is 7. The molecule has 3 N–H and O–H groups in total. The summed E-state index contributed by atoms with van der Waals surface area (Å²) in [5.74, 6) is -2.92. The number of fused-ring (bicyclic) bond motifs is 1. The van der Waals surface area contributed by atoms with E-state index in [9.17, 15) is 18.4 Å². The van der Waals surface area contributed by atoms with Crippen molar-refractivity contribution >= 4 is 28.8 Å². The van der Waals surface area contributed by atoms with E-state index < -0.39 is 17.2 Å². The van der Waals surface area contributed by atoms with Gasteiger partial charge < -0.3 is 10.3 Å². The largest absolute Gasteiger partial charge is 0.382 e. The Morgan fingerprint density at radius 1 is 1.24 bits per heavy atom. The zero-order valence-corrected chi connectivity index (χ0v) is 21.5. The van der Waals surface area contributed by atoms with Gasteiger partial charge in [-0.05, 0) is 37.5 Å². The van der Waals surface area contributed by atoms with Gasteiger partial charge in [0, 0.05) is 35.9 Å². The summed E-state index contributed by atoms with van der Waals surface area (Å²) in [6, 6.07) is 8.20. The third-order valence-corrected chi connectivity index (χ3v) is 7.36. The molecule has 1 aliphatic carbocycles. The fourth-order valence-corrected chi connectivity index (χ4v) is 4.89. The summed E-state index contributed by atoms with van der Waals surface area (Å²) in [5, 5.41) is 6.67. The molecule has 0 spiro atoms. The standard InChI is InChI=1S/C26H29F2N7O3/c1-14(2)35-22-20(21(29)30-13-31-22)34(24(35)37)12-15-5-7-16(8-6-15)23(36)32-19-9-18(33-38-19)25(3,4)17-10-26(27,28)11-17/h5-9,13-14,17H,10-12H2,1-4H3,(H,32,36)(H2,29,30,31). The van der Waals surface area contributed by atoms with Crippen LogP contribution in [0.25, 0.3) is 11.2 Å². The van der Waals surface area contributed by atoms with E-state index in [1.807, 2.05) is 27.7 Å². The molecular weight excluding hydrogens is 496 g/mol. The second-order valence-electron chi connectivity index (χ2n) is 10.7. The minimum atomic E-state index is -2.63. The molecule has 1 aliphatic rings. The van der Waals surface area contributed by atoms with Gasteiger partial charge in [0.2, 0.25) is 11.8 Å². The molecule has 0 saturated heterocycles. The highest BCUT2D eigenvalue weighted by atomic mass is 19.3. The van der Waals surface area contributed by atoms with Gasteiger partial charge in [0.15, 0.2) is 11.5 Å². The Hall–Kier alpha value is -4.09. The summed E-state index contributed by atoms with van der Waals surface area (Å²) >= 11 is 0. The smallest absolute Gasteiger partial charge is 0.330 e. The fourth-order valence-electron chi connectivity index (χ4n) is 4.89. The Balaban J connectivity index is 1.30. The molecule has 0 atom stereocenters. The van der Waals surface area contributed by atoms with Crippen LogP contribution in [0.1, 0.15) is 68.2 Å². The molecule has 1 fully saturated rings. The number of carbonyl (C=O) groups is 1. The molecular formula is C26H29F2N7O3. The molecule has 0 unspecified atom stereocenters. The molecule has 12 heteroatoms. The van der Waals surface area contributed by atoms with Crippen molar-refractivity contribution in [3.8, 4) is 0 Å². The first-order chi connectivity index (χ1) is 17.9. The van der Waals surface area contributed by atoms with Gasteiger partial charge in [-0.15, -0.1) is 0 Å². The van der Waals surface area contributed by atoms with E-state index in [0.29, 0.717) is 22.4 Å². The highest BCUT2D eigenvalue weighted by Gasteiger charge is 2.52. The number of anilines is 2. The lowest BCUT2D eigenvalue weighted by atomic mass is 9.64. The van der Waals surface area contributed by atoms with E-state index in [1.54, 1.807) is 34.9 Å². The molecule has 0 bridgehead atoms. The van der Waals surface area contributed by atoms with Gasteiger partial charge in [-0.25, -0.2) is 23.5 Å². The maximum absolute atomic E-state index is 13.4.